The van der Waals surface area contributed by atoms with E-state index in [2.05, 4.69) is 12.2 Å². The summed E-state index contributed by atoms with van der Waals surface area (Å²) in [5.74, 6) is 1.97. The molecule has 0 radical (unpaired) electrons. The molecule has 1 fully saturated rings. The summed E-state index contributed by atoms with van der Waals surface area (Å²) >= 11 is 0. The van der Waals surface area contributed by atoms with Crippen molar-refractivity contribution < 1.29 is 4.42 Å². The van der Waals surface area contributed by atoms with Gasteiger partial charge in [-0.05, 0) is 37.6 Å². The first-order valence-corrected chi connectivity index (χ1v) is 4.10. The van der Waals surface area contributed by atoms with Crippen LogP contribution < -0.4 is 5.32 Å². The Balaban J connectivity index is 1.99. The molecule has 1 aromatic rings. The SMILES string of the molecule is Cc1ccoc1CC1CNC1. The van der Waals surface area contributed by atoms with E-state index in [1.54, 1.807) is 6.26 Å². The third-order valence-electron chi connectivity index (χ3n) is 2.31. The van der Waals surface area contributed by atoms with Crippen molar-refractivity contribution in [3.63, 3.8) is 0 Å². The molecule has 0 amide bonds. The van der Waals surface area contributed by atoms with Gasteiger partial charge in [0.25, 0.3) is 0 Å². The fourth-order valence-electron chi connectivity index (χ4n) is 1.37. The summed E-state index contributed by atoms with van der Waals surface area (Å²) < 4.78 is 5.34. The summed E-state index contributed by atoms with van der Waals surface area (Å²) in [6.07, 6.45) is 2.88. The Morgan fingerprint density at radius 2 is 2.45 bits per heavy atom. The highest BCUT2D eigenvalue weighted by Crippen LogP contribution is 2.16. The Bertz CT molecular complexity index is 237. The first-order chi connectivity index (χ1) is 5.36. The fourth-order valence-corrected chi connectivity index (χ4v) is 1.37. The van der Waals surface area contributed by atoms with Crippen molar-refractivity contribution in [3.8, 4) is 0 Å². The molecule has 2 nitrogen and oxygen atoms in total. The van der Waals surface area contributed by atoms with E-state index >= 15 is 0 Å². The normalized spacial score (nSPS) is 18.3. The van der Waals surface area contributed by atoms with Crippen LogP contribution in [0.4, 0.5) is 0 Å². The predicted molar refractivity (Wildman–Crippen MR) is 43.5 cm³/mol. The van der Waals surface area contributed by atoms with Gasteiger partial charge in [0.15, 0.2) is 0 Å². The van der Waals surface area contributed by atoms with Gasteiger partial charge in [0.05, 0.1) is 6.26 Å². The summed E-state index contributed by atoms with van der Waals surface area (Å²) in [5, 5.41) is 3.25. The van der Waals surface area contributed by atoms with E-state index in [9.17, 15) is 0 Å². The van der Waals surface area contributed by atoms with Crippen molar-refractivity contribution in [1.82, 2.24) is 5.32 Å². The van der Waals surface area contributed by atoms with E-state index in [4.69, 9.17) is 4.42 Å². The Labute approximate surface area is 66.6 Å². The van der Waals surface area contributed by atoms with Crippen molar-refractivity contribution in [2.24, 2.45) is 5.92 Å². The van der Waals surface area contributed by atoms with Gasteiger partial charge >= 0.3 is 0 Å². The molecule has 0 saturated carbocycles. The van der Waals surface area contributed by atoms with Crippen LogP contribution in [-0.2, 0) is 6.42 Å². The van der Waals surface area contributed by atoms with Crippen molar-refractivity contribution in [3.05, 3.63) is 23.7 Å². The highest BCUT2D eigenvalue weighted by atomic mass is 16.3. The molecular weight excluding hydrogens is 138 g/mol. The topological polar surface area (TPSA) is 25.2 Å². The number of hydrogen-bond donors (Lipinski definition) is 1. The van der Waals surface area contributed by atoms with Crippen LogP contribution in [0.5, 0.6) is 0 Å². The number of aryl methyl sites for hydroxylation is 1. The van der Waals surface area contributed by atoms with E-state index < -0.39 is 0 Å². The van der Waals surface area contributed by atoms with Gasteiger partial charge in [0.2, 0.25) is 0 Å². The lowest BCUT2D eigenvalue weighted by Crippen LogP contribution is -2.43. The third kappa shape index (κ3) is 1.31. The molecule has 0 aliphatic carbocycles. The first-order valence-electron chi connectivity index (χ1n) is 4.10. The third-order valence-corrected chi connectivity index (χ3v) is 2.31. The van der Waals surface area contributed by atoms with Crippen LogP contribution in [0, 0.1) is 12.8 Å². The summed E-state index contributed by atoms with van der Waals surface area (Å²) in [5.41, 5.74) is 1.29. The first kappa shape index (κ1) is 6.92. The van der Waals surface area contributed by atoms with Crippen LogP contribution in [-0.4, -0.2) is 13.1 Å². The second-order valence-electron chi connectivity index (χ2n) is 3.26. The molecule has 0 spiro atoms. The molecule has 0 atom stereocenters. The molecular formula is C9H13NO. The zero-order valence-corrected chi connectivity index (χ0v) is 6.76. The van der Waals surface area contributed by atoms with Gasteiger partial charge in [-0.15, -0.1) is 0 Å². The summed E-state index contributed by atoms with van der Waals surface area (Å²) in [7, 11) is 0. The van der Waals surface area contributed by atoms with E-state index in [0.717, 1.165) is 31.2 Å². The van der Waals surface area contributed by atoms with Crippen molar-refractivity contribution in [2.75, 3.05) is 13.1 Å². The van der Waals surface area contributed by atoms with E-state index in [0.29, 0.717) is 0 Å². The molecule has 1 aliphatic rings. The minimum atomic E-state index is 0.805. The van der Waals surface area contributed by atoms with Crippen molar-refractivity contribution >= 4 is 0 Å². The average Bonchev–Trinajstić information content (AvgIpc) is 2.27. The number of nitrogens with one attached hydrogen (secondary N) is 1. The van der Waals surface area contributed by atoms with Gasteiger partial charge in [0, 0.05) is 6.42 Å². The standard InChI is InChI=1S/C9H13NO/c1-7-2-3-11-9(7)4-8-5-10-6-8/h2-3,8,10H,4-6H2,1H3. The van der Waals surface area contributed by atoms with Gasteiger partial charge in [-0.3, -0.25) is 0 Å². The maximum atomic E-state index is 5.34. The fraction of sp³-hybridized carbons (Fsp3) is 0.556. The predicted octanol–water partition coefficient (Wildman–Crippen LogP) is 1.35. The molecule has 1 aliphatic heterocycles. The molecule has 2 heterocycles. The maximum Gasteiger partial charge on any atom is 0.107 e. The molecule has 0 unspecified atom stereocenters. The Hall–Kier alpha value is -0.760. The maximum absolute atomic E-state index is 5.34. The Kier molecular flexibility index (Phi) is 1.70. The largest absolute Gasteiger partial charge is 0.469 e. The second-order valence-corrected chi connectivity index (χ2v) is 3.26. The summed E-state index contributed by atoms with van der Waals surface area (Å²) in [4.78, 5) is 0. The minimum absolute atomic E-state index is 0.805. The lowest BCUT2D eigenvalue weighted by Gasteiger charge is -2.26. The van der Waals surface area contributed by atoms with Gasteiger partial charge in [-0.2, -0.15) is 0 Å². The smallest absolute Gasteiger partial charge is 0.107 e. The summed E-state index contributed by atoms with van der Waals surface area (Å²) in [6, 6.07) is 2.03. The van der Waals surface area contributed by atoms with Crippen molar-refractivity contribution in [1.29, 1.82) is 0 Å². The monoisotopic (exact) mass is 151 g/mol. The highest BCUT2D eigenvalue weighted by Gasteiger charge is 2.18. The average molecular weight is 151 g/mol. The van der Waals surface area contributed by atoms with E-state index in [1.807, 2.05) is 6.07 Å². The van der Waals surface area contributed by atoms with Crippen LogP contribution in [0.15, 0.2) is 16.7 Å². The van der Waals surface area contributed by atoms with E-state index in [1.165, 1.54) is 5.56 Å². The molecule has 1 saturated heterocycles. The van der Waals surface area contributed by atoms with Crippen LogP contribution >= 0.6 is 0 Å². The van der Waals surface area contributed by atoms with Crippen LogP contribution in [0.1, 0.15) is 11.3 Å². The van der Waals surface area contributed by atoms with Crippen LogP contribution in [0.25, 0.3) is 0 Å². The quantitative estimate of drug-likeness (QED) is 0.690. The lowest BCUT2D eigenvalue weighted by atomic mass is 9.97. The summed E-state index contributed by atoms with van der Waals surface area (Å²) in [6.45, 7) is 4.41. The number of furan rings is 1. The molecule has 2 rings (SSSR count). The molecule has 1 aromatic heterocycles. The molecule has 2 heteroatoms. The molecule has 11 heavy (non-hydrogen) atoms. The van der Waals surface area contributed by atoms with Gasteiger partial charge < -0.3 is 9.73 Å². The second kappa shape index (κ2) is 2.70. The van der Waals surface area contributed by atoms with Gasteiger partial charge in [-0.25, -0.2) is 0 Å². The van der Waals surface area contributed by atoms with Gasteiger partial charge in [-0.1, -0.05) is 0 Å². The zero-order chi connectivity index (χ0) is 7.68. The van der Waals surface area contributed by atoms with Gasteiger partial charge in [0.1, 0.15) is 5.76 Å². The Morgan fingerprint density at radius 1 is 1.64 bits per heavy atom. The highest BCUT2D eigenvalue weighted by molar-refractivity contribution is 5.15. The Morgan fingerprint density at radius 3 is 2.91 bits per heavy atom. The zero-order valence-electron chi connectivity index (χ0n) is 6.76. The molecule has 1 N–H and O–H groups in total. The van der Waals surface area contributed by atoms with Crippen LogP contribution in [0.3, 0.4) is 0 Å². The van der Waals surface area contributed by atoms with E-state index in [-0.39, 0.29) is 0 Å². The number of rotatable bonds is 2. The van der Waals surface area contributed by atoms with Crippen molar-refractivity contribution in [2.45, 2.75) is 13.3 Å². The lowest BCUT2D eigenvalue weighted by molar-refractivity contribution is 0.322. The molecule has 60 valence electrons. The molecule has 0 aromatic carbocycles. The minimum Gasteiger partial charge on any atom is -0.469 e. The van der Waals surface area contributed by atoms with Crippen LogP contribution in [0.2, 0.25) is 0 Å². The number of hydrogen-bond acceptors (Lipinski definition) is 2. The molecule has 0 bridgehead atoms.